The zero-order valence-electron chi connectivity index (χ0n) is 13.9. The van der Waals surface area contributed by atoms with E-state index in [1.165, 1.54) is 6.07 Å². The van der Waals surface area contributed by atoms with Crippen molar-refractivity contribution in [1.82, 2.24) is 5.32 Å². The maximum absolute atomic E-state index is 12.2. The van der Waals surface area contributed by atoms with Crippen molar-refractivity contribution in [2.24, 2.45) is 0 Å². The molecule has 6 nitrogen and oxygen atoms in total. The minimum atomic E-state index is -0.489. The Morgan fingerprint density at radius 1 is 1.21 bits per heavy atom. The predicted octanol–water partition coefficient (Wildman–Crippen LogP) is 3.41. The molecular formula is C18H20N2O4. The van der Waals surface area contributed by atoms with Crippen LogP contribution in [0.3, 0.4) is 0 Å². The van der Waals surface area contributed by atoms with Gasteiger partial charge in [-0.25, -0.2) is 0 Å². The molecule has 1 amide bonds. The van der Waals surface area contributed by atoms with E-state index < -0.39 is 4.92 Å². The maximum Gasteiger partial charge on any atom is 0.273 e. The molecule has 0 radical (unpaired) electrons. The van der Waals surface area contributed by atoms with Gasteiger partial charge in [0.05, 0.1) is 11.0 Å². The molecule has 0 saturated heterocycles. The third kappa shape index (κ3) is 4.32. The Balaban J connectivity index is 1.98. The molecule has 0 heterocycles. The number of hydrogen-bond donors (Lipinski definition) is 1. The number of carbonyl (C=O) groups excluding carboxylic acids is 1. The molecule has 2 rings (SSSR count). The van der Waals surface area contributed by atoms with Crippen molar-refractivity contribution in [2.45, 2.75) is 26.8 Å². The summed E-state index contributed by atoms with van der Waals surface area (Å²) >= 11 is 0. The topological polar surface area (TPSA) is 81.5 Å². The van der Waals surface area contributed by atoms with Gasteiger partial charge in [0.2, 0.25) is 0 Å². The van der Waals surface area contributed by atoms with Gasteiger partial charge in [0.25, 0.3) is 11.6 Å². The van der Waals surface area contributed by atoms with Crippen molar-refractivity contribution in [3.05, 3.63) is 69.3 Å². The van der Waals surface area contributed by atoms with Gasteiger partial charge in [0.1, 0.15) is 12.4 Å². The first-order valence-electron chi connectivity index (χ1n) is 7.63. The Bertz CT molecular complexity index is 758. The summed E-state index contributed by atoms with van der Waals surface area (Å²) in [5, 5.41) is 13.7. The highest BCUT2D eigenvalue weighted by atomic mass is 16.6. The number of amides is 1. The van der Waals surface area contributed by atoms with Crippen molar-refractivity contribution >= 4 is 11.6 Å². The lowest BCUT2D eigenvalue weighted by atomic mass is 10.1. The molecule has 1 atom stereocenters. The van der Waals surface area contributed by atoms with Crippen LogP contribution < -0.4 is 10.1 Å². The zero-order chi connectivity index (χ0) is 17.7. The maximum atomic E-state index is 12.2. The molecule has 0 unspecified atom stereocenters. The van der Waals surface area contributed by atoms with E-state index in [0.717, 1.165) is 11.3 Å². The van der Waals surface area contributed by atoms with Crippen molar-refractivity contribution < 1.29 is 14.5 Å². The van der Waals surface area contributed by atoms with Gasteiger partial charge in [0, 0.05) is 17.2 Å². The molecule has 1 N–H and O–H groups in total. The molecule has 0 fully saturated rings. The summed E-state index contributed by atoms with van der Waals surface area (Å²) in [7, 11) is 0. The monoisotopic (exact) mass is 328 g/mol. The first-order chi connectivity index (χ1) is 11.4. The molecule has 24 heavy (non-hydrogen) atoms. The molecule has 0 bridgehead atoms. The second kappa shape index (κ2) is 7.59. The van der Waals surface area contributed by atoms with Crippen LogP contribution in [0, 0.1) is 24.0 Å². The Kier molecular flexibility index (Phi) is 5.52. The molecule has 0 aliphatic heterocycles. The molecule has 0 spiro atoms. The van der Waals surface area contributed by atoms with Gasteiger partial charge >= 0.3 is 0 Å². The van der Waals surface area contributed by atoms with Crippen molar-refractivity contribution in [3.8, 4) is 5.75 Å². The van der Waals surface area contributed by atoms with Gasteiger partial charge in [0.15, 0.2) is 0 Å². The number of carbonyl (C=O) groups is 1. The number of nitrogens with one attached hydrogen (secondary N) is 1. The largest absolute Gasteiger partial charge is 0.491 e. The van der Waals surface area contributed by atoms with Crippen LogP contribution in [0.4, 0.5) is 5.69 Å². The zero-order valence-corrected chi connectivity index (χ0v) is 13.9. The number of ether oxygens (including phenoxy) is 1. The Morgan fingerprint density at radius 2 is 1.92 bits per heavy atom. The Morgan fingerprint density at radius 3 is 2.58 bits per heavy atom. The van der Waals surface area contributed by atoms with Gasteiger partial charge < -0.3 is 10.1 Å². The highest BCUT2D eigenvalue weighted by Gasteiger charge is 2.16. The van der Waals surface area contributed by atoms with E-state index in [4.69, 9.17) is 4.74 Å². The van der Waals surface area contributed by atoms with Crippen molar-refractivity contribution in [1.29, 1.82) is 0 Å². The molecule has 0 saturated carbocycles. The van der Waals surface area contributed by atoms with Crippen molar-refractivity contribution in [3.63, 3.8) is 0 Å². The van der Waals surface area contributed by atoms with Crippen LogP contribution in [0.1, 0.15) is 28.4 Å². The molecular weight excluding hydrogens is 308 g/mol. The summed E-state index contributed by atoms with van der Waals surface area (Å²) in [6, 6.07) is 11.8. The van der Waals surface area contributed by atoms with E-state index in [1.54, 1.807) is 19.1 Å². The Labute approximate surface area is 140 Å². The van der Waals surface area contributed by atoms with E-state index in [9.17, 15) is 14.9 Å². The molecule has 0 aliphatic rings. The van der Waals surface area contributed by atoms with Gasteiger partial charge in [-0.15, -0.1) is 0 Å². The second-order valence-corrected chi connectivity index (χ2v) is 5.71. The van der Waals surface area contributed by atoms with Crippen LogP contribution in [0.2, 0.25) is 0 Å². The number of hydrogen-bond acceptors (Lipinski definition) is 4. The lowest BCUT2D eigenvalue weighted by Crippen LogP contribution is -2.36. The molecule has 2 aromatic rings. The second-order valence-electron chi connectivity index (χ2n) is 5.71. The predicted molar refractivity (Wildman–Crippen MR) is 91.4 cm³/mol. The van der Waals surface area contributed by atoms with Crippen LogP contribution in [0.15, 0.2) is 42.5 Å². The van der Waals surface area contributed by atoms with Gasteiger partial charge in [-0.2, -0.15) is 0 Å². The number of benzene rings is 2. The number of para-hydroxylation sites is 1. The van der Waals surface area contributed by atoms with E-state index in [-0.39, 0.29) is 23.2 Å². The van der Waals surface area contributed by atoms with Gasteiger partial charge in [-0.1, -0.05) is 24.3 Å². The van der Waals surface area contributed by atoms with Gasteiger partial charge in [-0.05, 0) is 38.5 Å². The van der Waals surface area contributed by atoms with E-state index in [0.29, 0.717) is 12.2 Å². The number of aryl methyl sites for hydroxylation is 2. The Hall–Kier alpha value is -2.89. The lowest BCUT2D eigenvalue weighted by molar-refractivity contribution is -0.385. The summed E-state index contributed by atoms with van der Waals surface area (Å²) in [5.41, 5.74) is 1.74. The SMILES string of the molecule is Cc1ccccc1OC[C@H](C)NC(=O)c1ccc(C)c([N+](=O)[O-])c1. The van der Waals surface area contributed by atoms with Gasteiger partial charge in [-0.3, -0.25) is 14.9 Å². The van der Waals surface area contributed by atoms with E-state index in [2.05, 4.69) is 5.32 Å². The molecule has 0 aliphatic carbocycles. The summed E-state index contributed by atoms with van der Waals surface area (Å²) in [4.78, 5) is 22.7. The quantitative estimate of drug-likeness (QED) is 0.651. The summed E-state index contributed by atoms with van der Waals surface area (Å²) in [6.45, 7) is 5.71. The van der Waals surface area contributed by atoms with E-state index in [1.807, 2.05) is 38.1 Å². The smallest absolute Gasteiger partial charge is 0.273 e. The third-order valence-electron chi connectivity index (χ3n) is 3.63. The first-order valence-corrected chi connectivity index (χ1v) is 7.63. The molecule has 6 heteroatoms. The minimum absolute atomic E-state index is 0.0635. The molecule has 126 valence electrons. The third-order valence-corrected chi connectivity index (χ3v) is 3.63. The van der Waals surface area contributed by atoms with Crippen LogP contribution in [-0.4, -0.2) is 23.5 Å². The van der Waals surface area contributed by atoms with Crippen LogP contribution in [-0.2, 0) is 0 Å². The molecule has 0 aromatic heterocycles. The fourth-order valence-electron chi connectivity index (χ4n) is 2.23. The van der Waals surface area contributed by atoms with Crippen LogP contribution in [0.25, 0.3) is 0 Å². The number of rotatable bonds is 6. The lowest BCUT2D eigenvalue weighted by Gasteiger charge is -2.16. The summed E-state index contributed by atoms with van der Waals surface area (Å²) in [5.74, 6) is 0.406. The average molecular weight is 328 g/mol. The molecule has 2 aromatic carbocycles. The highest BCUT2D eigenvalue weighted by molar-refractivity contribution is 5.95. The number of nitro groups is 1. The summed E-state index contributed by atoms with van der Waals surface area (Å²) < 4.78 is 5.69. The normalized spacial score (nSPS) is 11.6. The first kappa shape index (κ1) is 17.5. The van der Waals surface area contributed by atoms with Crippen LogP contribution in [0.5, 0.6) is 5.75 Å². The van der Waals surface area contributed by atoms with Crippen LogP contribution >= 0.6 is 0 Å². The standard InChI is InChI=1S/C18H20N2O4/c1-12-8-9-15(10-16(12)20(22)23)18(21)19-14(3)11-24-17-7-5-4-6-13(17)2/h4-10,14H,11H2,1-3H3,(H,19,21)/t14-/m0/s1. The highest BCUT2D eigenvalue weighted by Crippen LogP contribution is 2.19. The number of nitro benzene ring substituents is 1. The fraction of sp³-hybridized carbons (Fsp3) is 0.278. The summed E-state index contributed by atoms with van der Waals surface area (Å²) in [6.07, 6.45) is 0. The van der Waals surface area contributed by atoms with Crippen molar-refractivity contribution in [2.75, 3.05) is 6.61 Å². The van der Waals surface area contributed by atoms with E-state index >= 15 is 0 Å². The fourth-order valence-corrected chi connectivity index (χ4v) is 2.23. The minimum Gasteiger partial charge on any atom is -0.491 e. The average Bonchev–Trinajstić information content (AvgIpc) is 2.54. The number of nitrogens with zero attached hydrogens (tertiary/aromatic N) is 1.